The van der Waals surface area contributed by atoms with Gasteiger partial charge in [-0.05, 0) is 37.3 Å². The minimum Gasteiger partial charge on any atom is -0.469 e. The van der Waals surface area contributed by atoms with E-state index in [1.165, 1.54) is 7.11 Å². The van der Waals surface area contributed by atoms with E-state index in [1.807, 2.05) is 37.3 Å². The molecule has 1 saturated carbocycles. The molecule has 2 bridgehead atoms. The second-order valence-electron chi connectivity index (χ2n) is 5.88. The summed E-state index contributed by atoms with van der Waals surface area (Å²) in [6.45, 7) is 2.00. The largest absolute Gasteiger partial charge is 0.469 e. The van der Waals surface area contributed by atoms with Crippen LogP contribution in [-0.2, 0) is 14.3 Å². The summed E-state index contributed by atoms with van der Waals surface area (Å²) < 4.78 is 4.88. The van der Waals surface area contributed by atoms with Crippen molar-refractivity contribution in [3.63, 3.8) is 0 Å². The predicted molar refractivity (Wildman–Crippen MR) is 79.5 cm³/mol. The van der Waals surface area contributed by atoms with Gasteiger partial charge in [-0.15, -0.1) is 0 Å². The van der Waals surface area contributed by atoms with E-state index in [0.717, 1.165) is 17.7 Å². The van der Waals surface area contributed by atoms with E-state index in [-0.39, 0.29) is 35.5 Å². The number of hydrogen-bond donors (Lipinski definition) is 1. The van der Waals surface area contributed by atoms with Crippen molar-refractivity contribution in [2.45, 2.75) is 13.3 Å². The average molecular weight is 285 g/mol. The Morgan fingerprint density at radius 2 is 1.71 bits per heavy atom. The molecule has 1 fully saturated rings. The number of methoxy groups -OCH3 is 1. The van der Waals surface area contributed by atoms with Gasteiger partial charge in [0.25, 0.3) is 0 Å². The van der Waals surface area contributed by atoms with Crippen molar-refractivity contribution >= 4 is 17.6 Å². The highest BCUT2D eigenvalue weighted by Crippen LogP contribution is 2.48. The number of rotatable bonds is 3. The monoisotopic (exact) mass is 285 g/mol. The molecule has 1 aromatic carbocycles. The molecule has 2 aliphatic carbocycles. The number of esters is 1. The van der Waals surface area contributed by atoms with Gasteiger partial charge in [-0.3, -0.25) is 9.59 Å². The fourth-order valence-corrected chi connectivity index (χ4v) is 3.50. The second-order valence-corrected chi connectivity index (χ2v) is 5.88. The molecule has 21 heavy (non-hydrogen) atoms. The van der Waals surface area contributed by atoms with E-state index in [2.05, 4.69) is 11.4 Å². The van der Waals surface area contributed by atoms with Crippen LogP contribution in [0.1, 0.15) is 12.0 Å². The Morgan fingerprint density at radius 3 is 2.33 bits per heavy atom. The molecule has 0 aliphatic heterocycles. The zero-order chi connectivity index (χ0) is 15.0. The van der Waals surface area contributed by atoms with E-state index in [1.54, 1.807) is 0 Å². The highest BCUT2D eigenvalue weighted by Gasteiger charge is 2.52. The molecule has 4 heteroatoms. The second kappa shape index (κ2) is 5.35. The summed E-state index contributed by atoms with van der Waals surface area (Å²) in [6.07, 6.45) is 4.97. The number of fused-ring (bicyclic) bond motifs is 2. The molecular weight excluding hydrogens is 266 g/mol. The normalized spacial score (nSPS) is 29.4. The van der Waals surface area contributed by atoms with E-state index in [0.29, 0.717) is 0 Å². The van der Waals surface area contributed by atoms with Crippen molar-refractivity contribution in [1.29, 1.82) is 0 Å². The number of ether oxygens (including phenoxy) is 1. The molecule has 1 aromatic rings. The minimum atomic E-state index is -0.351. The number of carbonyl (C=O) groups excluding carboxylic acids is 2. The molecular formula is C17H19NO3. The summed E-state index contributed by atoms with van der Waals surface area (Å²) in [6, 6.07) is 7.66. The lowest BCUT2D eigenvalue weighted by atomic mass is 9.82. The summed E-state index contributed by atoms with van der Waals surface area (Å²) in [7, 11) is 1.38. The molecule has 3 rings (SSSR count). The molecule has 4 unspecified atom stereocenters. The fourth-order valence-electron chi connectivity index (χ4n) is 3.50. The van der Waals surface area contributed by atoms with Crippen LogP contribution in [-0.4, -0.2) is 19.0 Å². The first-order valence-corrected chi connectivity index (χ1v) is 7.24. The van der Waals surface area contributed by atoms with Gasteiger partial charge in [-0.2, -0.15) is 0 Å². The molecule has 0 radical (unpaired) electrons. The van der Waals surface area contributed by atoms with Crippen molar-refractivity contribution in [1.82, 2.24) is 0 Å². The number of nitrogens with one attached hydrogen (secondary N) is 1. The van der Waals surface area contributed by atoms with Gasteiger partial charge in [0, 0.05) is 5.69 Å². The highest BCUT2D eigenvalue weighted by molar-refractivity contribution is 5.96. The van der Waals surface area contributed by atoms with Crippen molar-refractivity contribution in [3.8, 4) is 0 Å². The Labute approximate surface area is 124 Å². The maximum Gasteiger partial charge on any atom is 0.310 e. The van der Waals surface area contributed by atoms with Gasteiger partial charge in [0.05, 0.1) is 18.9 Å². The number of hydrogen-bond acceptors (Lipinski definition) is 3. The third-order valence-electron chi connectivity index (χ3n) is 4.55. The molecule has 0 spiro atoms. The Bertz CT molecular complexity index is 591. The van der Waals surface area contributed by atoms with Crippen LogP contribution in [0.25, 0.3) is 0 Å². The van der Waals surface area contributed by atoms with Crippen molar-refractivity contribution in [2.75, 3.05) is 12.4 Å². The molecule has 4 atom stereocenters. The number of aryl methyl sites for hydroxylation is 1. The lowest BCUT2D eigenvalue weighted by Gasteiger charge is -2.25. The molecule has 110 valence electrons. The molecule has 1 amide bonds. The zero-order valence-corrected chi connectivity index (χ0v) is 12.2. The first-order chi connectivity index (χ1) is 10.1. The standard InChI is InChI=1S/C17H19NO3/c1-10-3-7-13(8-4-10)18-16(19)14-11-5-6-12(9-11)15(14)17(20)21-2/h3-8,11-12,14-15H,9H2,1-2H3,(H,18,19). The molecule has 0 aromatic heterocycles. The average Bonchev–Trinajstić information content (AvgIpc) is 3.09. The zero-order valence-electron chi connectivity index (χ0n) is 12.2. The van der Waals surface area contributed by atoms with E-state index >= 15 is 0 Å². The van der Waals surface area contributed by atoms with Crippen molar-refractivity contribution in [2.24, 2.45) is 23.7 Å². The third kappa shape index (κ3) is 2.46. The third-order valence-corrected chi connectivity index (χ3v) is 4.55. The Kier molecular flexibility index (Phi) is 3.53. The molecule has 0 saturated heterocycles. The quantitative estimate of drug-likeness (QED) is 0.686. The van der Waals surface area contributed by atoms with Crippen molar-refractivity contribution in [3.05, 3.63) is 42.0 Å². The summed E-state index contributed by atoms with van der Waals surface area (Å²) in [5.41, 5.74) is 1.91. The topological polar surface area (TPSA) is 55.4 Å². The Balaban J connectivity index is 1.78. The highest BCUT2D eigenvalue weighted by atomic mass is 16.5. The smallest absolute Gasteiger partial charge is 0.310 e. The molecule has 4 nitrogen and oxygen atoms in total. The number of carbonyl (C=O) groups is 2. The molecule has 2 aliphatic rings. The minimum absolute atomic E-state index is 0.0916. The maximum atomic E-state index is 12.6. The number of allylic oxidation sites excluding steroid dienone is 2. The van der Waals surface area contributed by atoms with Gasteiger partial charge < -0.3 is 10.1 Å². The Hall–Kier alpha value is -2.10. The predicted octanol–water partition coefficient (Wildman–Crippen LogP) is 2.54. The van der Waals surface area contributed by atoms with Crippen LogP contribution in [0.4, 0.5) is 5.69 Å². The molecule has 1 N–H and O–H groups in total. The first-order valence-electron chi connectivity index (χ1n) is 7.24. The van der Waals surface area contributed by atoms with Gasteiger partial charge in [-0.25, -0.2) is 0 Å². The van der Waals surface area contributed by atoms with Crippen LogP contribution in [0.2, 0.25) is 0 Å². The SMILES string of the molecule is COC(=O)C1C2C=CC(C2)C1C(=O)Nc1ccc(C)cc1. The summed E-state index contributed by atoms with van der Waals surface area (Å²) in [5.74, 6) is -0.771. The van der Waals surface area contributed by atoms with Crippen LogP contribution in [0.5, 0.6) is 0 Å². The van der Waals surface area contributed by atoms with Gasteiger partial charge in [0.15, 0.2) is 0 Å². The van der Waals surface area contributed by atoms with Crippen molar-refractivity contribution < 1.29 is 14.3 Å². The maximum absolute atomic E-state index is 12.6. The number of anilines is 1. The lowest BCUT2D eigenvalue weighted by Crippen LogP contribution is -2.37. The first kappa shape index (κ1) is 13.9. The van der Waals surface area contributed by atoms with E-state index < -0.39 is 0 Å². The van der Waals surface area contributed by atoms with E-state index in [9.17, 15) is 9.59 Å². The summed E-state index contributed by atoms with van der Waals surface area (Å²) >= 11 is 0. The van der Waals surface area contributed by atoms with Gasteiger partial charge >= 0.3 is 5.97 Å². The van der Waals surface area contributed by atoms with Crippen LogP contribution in [0, 0.1) is 30.6 Å². The Morgan fingerprint density at radius 1 is 1.10 bits per heavy atom. The van der Waals surface area contributed by atoms with Gasteiger partial charge in [0.2, 0.25) is 5.91 Å². The van der Waals surface area contributed by atoms with Gasteiger partial charge in [-0.1, -0.05) is 29.8 Å². The number of amides is 1. The summed E-state index contributed by atoms with van der Waals surface area (Å²) in [5, 5.41) is 2.92. The molecule has 0 heterocycles. The van der Waals surface area contributed by atoms with Crippen LogP contribution < -0.4 is 5.32 Å². The summed E-state index contributed by atoms with van der Waals surface area (Å²) in [4.78, 5) is 24.5. The van der Waals surface area contributed by atoms with Crippen LogP contribution in [0.3, 0.4) is 0 Å². The lowest BCUT2D eigenvalue weighted by molar-refractivity contribution is -0.150. The van der Waals surface area contributed by atoms with Crippen LogP contribution in [0.15, 0.2) is 36.4 Å². The fraction of sp³-hybridized carbons (Fsp3) is 0.412. The van der Waals surface area contributed by atoms with E-state index in [4.69, 9.17) is 4.74 Å². The van der Waals surface area contributed by atoms with Gasteiger partial charge in [0.1, 0.15) is 0 Å². The number of benzene rings is 1. The van der Waals surface area contributed by atoms with Crippen LogP contribution >= 0.6 is 0 Å².